The number of morpholine rings is 1. The summed E-state index contributed by atoms with van der Waals surface area (Å²) in [6.45, 7) is 2.53. The van der Waals surface area contributed by atoms with Gasteiger partial charge in [0, 0.05) is 13.1 Å². The molecule has 0 aliphatic carbocycles. The molecule has 2 rings (SSSR count). The number of hydrogen-bond acceptors (Lipinski definition) is 6. The van der Waals surface area contributed by atoms with Crippen LogP contribution in [0.1, 0.15) is 0 Å². The molecule has 1 heterocycles. The first kappa shape index (κ1) is 15.7. The van der Waals surface area contributed by atoms with Crippen molar-refractivity contribution in [3.63, 3.8) is 0 Å². The van der Waals surface area contributed by atoms with Crippen LogP contribution in [0.2, 0.25) is 5.02 Å². The van der Waals surface area contributed by atoms with Gasteiger partial charge in [0.2, 0.25) is 0 Å². The van der Waals surface area contributed by atoms with Gasteiger partial charge in [0.05, 0.1) is 29.6 Å². The van der Waals surface area contributed by atoms with Crippen LogP contribution in [-0.4, -0.2) is 26.3 Å². The average Bonchev–Trinajstić information content (AvgIpc) is 2.55. The molecule has 1 aliphatic rings. The fraction of sp³-hybridized carbons (Fsp3) is 0.267. The average molecular weight is 314 g/mol. The standard InChI is InChI=1S/C15H12ClN5O/c16-12-2-1-3-13(15(12)21-4-6-22-7-5-21)20-14(10-19)11(8-17)9-18/h1-3,20H,4-7H2. The molecule has 1 fully saturated rings. The lowest BCUT2D eigenvalue weighted by Gasteiger charge is -2.31. The van der Waals surface area contributed by atoms with Crippen molar-refractivity contribution >= 4 is 23.0 Å². The number of rotatable bonds is 3. The van der Waals surface area contributed by atoms with E-state index in [0.717, 1.165) is 5.69 Å². The highest BCUT2D eigenvalue weighted by atomic mass is 35.5. The van der Waals surface area contributed by atoms with Crippen molar-refractivity contribution < 1.29 is 4.74 Å². The smallest absolute Gasteiger partial charge is 0.163 e. The molecule has 0 radical (unpaired) electrons. The predicted molar refractivity (Wildman–Crippen MR) is 82.0 cm³/mol. The van der Waals surface area contributed by atoms with Crippen molar-refractivity contribution in [2.45, 2.75) is 0 Å². The Morgan fingerprint density at radius 2 is 1.82 bits per heavy atom. The molecule has 1 N–H and O–H groups in total. The highest BCUT2D eigenvalue weighted by Gasteiger charge is 2.19. The van der Waals surface area contributed by atoms with Gasteiger partial charge in [0.25, 0.3) is 0 Å². The Morgan fingerprint density at radius 3 is 2.41 bits per heavy atom. The second-order valence-corrected chi connectivity index (χ2v) is 4.85. The first-order valence-electron chi connectivity index (χ1n) is 6.54. The van der Waals surface area contributed by atoms with Crippen LogP contribution in [-0.2, 0) is 4.74 Å². The first-order valence-corrected chi connectivity index (χ1v) is 6.92. The Kier molecular flexibility index (Phi) is 5.22. The van der Waals surface area contributed by atoms with E-state index in [1.807, 2.05) is 11.0 Å². The zero-order chi connectivity index (χ0) is 15.9. The van der Waals surface area contributed by atoms with E-state index in [-0.39, 0.29) is 11.3 Å². The highest BCUT2D eigenvalue weighted by Crippen LogP contribution is 2.35. The van der Waals surface area contributed by atoms with Crippen molar-refractivity contribution in [1.82, 2.24) is 0 Å². The summed E-state index contributed by atoms with van der Waals surface area (Å²) in [5, 5.41) is 30.3. The number of nitrogens with zero attached hydrogens (tertiary/aromatic N) is 4. The van der Waals surface area contributed by atoms with Crippen LogP contribution in [0.15, 0.2) is 29.5 Å². The summed E-state index contributed by atoms with van der Waals surface area (Å²) in [6, 6.07) is 10.5. The molecule has 110 valence electrons. The molecule has 6 nitrogen and oxygen atoms in total. The zero-order valence-electron chi connectivity index (χ0n) is 11.6. The maximum absolute atomic E-state index is 9.15. The Hall–Kier alpha value is -2.72. The predicted octanol–water partition coefficient (Wildman–Crippen LogP) is 2.41. The Labute approximate surface area is 133 Å². The van der Waals surface area contributed by atoms with Crippen LogP contribution in [0.3, 0.4) is 0 Å². The summed E-state index contributed by atoms with van der Waals surface area (Å²) >= 11 is 6.29. The number of hydrogen-bond donors (Lipinski definition) is 1. The minimum atomic E-state index is -0.268. The lowest BCUT2D eigenvalue weighted by atomic mass is 10.2. The molecular formula is C15H12ClN5O. The van der Waals surface area contributed by atoms with E-state index in [2.05, 4.69) is 5.32 Å². The fourth-order valence-electron chi connectivity index (χ4n) is 2.14. The molecule has 22 heavy (non-hydrogen) atoms. The number of nitriles is 3. The molecule has 0 unspecified atom stereocenters. The summed E-state index contributed by atoms with van der Waals surface area (Å²) in [6.07, 6.45) is 0. The molecule has 0 saturated carbocycles. The maximum Gasteiger partial charge on any atom is 0.163 e. The second-order valence-electron chi connectivity index (χ2n) is 4.45. The third-order valence-corrected chi connectivity index (χ3v) is 3.46. The lowest BCUT2D eigenvalue weighted by molar-refractivity contribution is 0.123. The second kappa shape index (κ2) is 7.33. The Bertz CT molecular complexity index is 701. The van der Waals surface area contributed by atoms with Gasteiger partial charge in [-0.05, 0) is 12.1 Å². The van der Waals surface area contributed by atoms with Gasteiger partial charge in [-0.15, -0.1) is 0 Å². The first-order chi connectivity index (χ1) is 10.7. The van der Waals surface area contributed by atoms with Crippen molar-refractivity contribution in [3.05, 3.63) is 34.5 Å². The molecule has 0 aromatic heterocycles. The minimum Gasteiger partial charge on any atom is -0.378 e. The summed E-state index contributed by atoms with van der Waals surface area (Å²) in [4.78, 5) is 2.04. The van der Waals surface area contributed by atoms with Crippen molar-refractivity contribution in [2.24, 2.45) is 0 Å². The van der Waals surface area contributed by atoms with E-state index >= 15 is 0 Å². The van der Waals surface area contributed by atoms with Crippen LogP contribution in [0.4, 0.5) is 11.4 Å². The zero-order valence-corrected chi connectivity index (χ0v) is 12.4. The van der Waals surface area contributed by atoms with E-state index in [0.29, 0.717) is 37.0 Å². The molecule has 0 bridgehead atoms. The lowest BCUT2D eigenvalue weighted by Crippen LogP contribution is -2.36. The van der Waals surface area contributed by atoms with E-state index in [9.17, 15) is 0 Å². The van der Waals surface area contributed by atoms with Gasteiger partial charge in [-0.3, -0.25) is 0 Å². The summed E-state index contributed by atoms with van der Waals surface area (Å²) < 4.78 is 5.32. The van der Waals surface area contributed by atoms with E-state index in [1.54, 1.807) is 30.3 Å². The number of anilines is 2. The van der Waals surface area contributed by atoms with Gasteiger partial charge in [-0.25, -0.2) is 0 Å². The normalized spacial score (nSPS) is 13.5. The van der Waals surface area contributed by atoms with Gasteiger partial charge in [-0.1, -0.05) is 17.7 Å². The van der Waals surface area contributed by atoms with Crippen LogP contribution < -0.4 is 10.2 Å². The maximum atomic E-state index is 9.15. The molecule has 0 amide bonds. The molecule has 1 aliphatic heterocycles. The number of para-hydroxylation sites is 1. The highest BCUT2D eigenvalue weighted by molar-refractivity contribution is 6.34. The Morgan fingerprint density at radius 1 is 1.14 bits per heavy atom. The van der Waals surface area contributed by atoms with E-state index in [4.69, 9.17) is 32.1 Å². The van der Waals surface area contributed by atoms with Gasteiger partial charge in [-0.2, -0.15) is 15.8 Å². The quantitative estimate of drug-likeness (QED) is 0.861. The fourth-order valence-corrected chi connectivity index (χ4v) is 2.44. The number of halogens is 1. The van der Waals surface area contributed by atoms with Crippen LogP contribution in [0.25, 0.3) is 0 Å². The van der Waals surface area contributed by atoms with Crippen LogP contribution >= 0.6 is 11.6 Å². The summed E-state index contributed by atoms with van der Waals surface area (Å²) in [5.74, 6) is 0. The minimum absolute atomic E-state index is 0.0956. The topological polar surface area (TPSA) is 95.9 Å². The van der Waals surface area contributed by atoms with Crippen LogP contribution in [0, 0.1) is 34.0 Å². The third-order valence-electron chi connectivity index (χ3n) is 3.16. The molecular weight excluding hydrogens is 302 g/mol. The molecule has 7 heteroatoms. The molecule has 1 saturated heterocycles. The molecule has 0 spiro atoms. The number of ether oxygens (including phenoxy) is 1. The van der Waals surface area contributed by atoms with Gasteiger partial charge in [0.15, 0.2) is 5.57 Å². The van der Waals surface area contributed by atoms with Gasteiger partial charge >= 0.3 is 0 Å². The third kappa shape index (κ3) is 3.30. The van der Waals surface area contributed by atoms with Crippen molar-refractivity contribution in [1.29, 1.82) is 15.8 Å². The monoisotopic (exact) mass is 313 g/mol. The number of benzene rings is 1. The van der Waals surface area contributed by atoms with E-state index in [1.165, 1.54) is 0 Å². The molecule has 1 aromatic rings. The molecule has 0 atom stereocenters. The van der Waals surface area contributed by atoms with Crippen molar-refractivity contribution in [2.75, 3.05) is 36.5 Å². The SMILES string of the molecule is N#CC(C#N)=C(C#N)Nc1cccc(Cl)c1N1CCOCC1. The number of allylic oxidation sites excluding steroid dienone is 2. The number of nitrogens with one attached hydrogen (secondary N) is 1. The van der Waals surface area contributed by atoms with E-state index < -0.39 is 0 Å². The molecule has 1 aromatic carbocycles. The Balaban J connectivity index is 2.42. The van der Waals surface area contributed by atoms with Crippen molar-refractivity contribution in [3.8, 4) is 18.2 Å². The van der Waals surface area contributed by atoms with Gasteiger partial charge in [0.1, 0.15) is 23.9 Å². The largest absolute Gasteiger partial charge is 0.378 e. The van der Waals surface area contributed by atoms with Gasteiger partial charge < -0.3 is 15.0 Å². The van der Waals surface area contributed by atoms with Crippen LogP contribution in [0.5, 0.6) is 0 Å². The summed E-state index contributed by atoms with van der Waals surface area (Å²) in [5.41, 5.74) is 0.946. The summed E-state index contributed by atoms with van der Waals surface area (Å²) in [7, 11) is 0.